The highest BCUT2D eigenvalue weighted by molar-refractivity contribution is 7.91. The third-order valence-corrected chi connectivity index (χ3v) is 4.06. The summed E-state index contributed by atoms with van der Waals surface area (Å²) in [5.41, 5.74) is 6.41. The lowest BCUT2D eigenvalue weighted by Gasteiger charge is -2.20. The van der Waals surface area contributed by atoms with E-state index in [1.165, 1.54) is 0 Å². The van der Waals surface area contributed by atoms with E-state index in [9.17, 15) is 13.2 Å². The fourth-order valence-corrected chi connectivity index (χ4v) is 2.89. The van der Waals surface area contributed by atoms with Crippen molar-refractivity contribution in [2.75, 3.05) is 17.9 Å². The van der Waals surface area contributed by atoms with E-state index >= 15 is 0 Å². The molecular weight excluding hydrogens is 332 g/mol. The summed E-state index contributed by atoms with van der Waals surface area (Å²) in [4.78, 5) is 11.8. The molecule has 1 aromatic rings. The van der Waals surface area contributed by atoms with Gasteiger partial charge in [0.15, 0.2) is 5.84 Å². The molecule has 0 radical (unpaired) electrons. The zero-order valence-corrected chi connectivity index (χ0v) is 14.7. The Bertz CT molecular complexity index is 766. The van der Waals surface area contributed by atoms with Gasteiger partial charge in [-0.15, -0.1) is 4.40 Å². The van der Waals surface area contributed by atoms with Crippen LogP contribution < -0.4 is 20.5 Å². The van der Waals surface area contributed by atoms with Gasteiger partial charge in [0.1, 0.15) is 5.75 Å². The average Bonchev–Trinajstić information content (AvgIpc) is 2.42. The van der Waals surface area contributed by atoms with E-state index < -0.39 is 10.2 Å². The second kappa shape index (κ2) is 6.68. The summed E-state index contributed by atoms with van der Waals surface area (Å²) < 4.78 is 34.3. The third-order valence-electron chi connectivity index (χ3n) is 3.14. The Morgan fingerprint density at radius 1 is 1.38 bits per heavy atom. The highest BCUT2D eigenvalue weighted by Gasteiger charge is 2.24. The number of nitrogens with two attached hydrogens (primary N) is 1. The minimum atomic E-state index is -3.82. The Hall–Kier alpha value is -2.29. The van der Waals surface area contributed by atoms with Crippen LogP contribution in [0.5, 0.6) is 5.75 Å². The third kappa shape index (κ3) is 4.85. The van der Waals surface area contributed by atoms with Gasteiger partial charge in [0, 0.05) is 6.54 Å². The summed E-state index contributed by atoms with van der Waals surface area (Å²) in [5, 5.41) is 2.83. The van der Waals surface area contributed by atoms with E-state index in [1.807, 2.05) is 20.8 Å². The average molecular weight is 354 g/mol. The second-order valence-electron chi connectivity index (χ2n) is 6.67. The first-order chi connectivity index (χ1) is 11.1. The smallest absolute Gasteiger partial charge is 0.344 e. The number of amides is 1. The van der Waals surface area contributed by atoms with Crippen LogP contribution in [0.4, 0.5) is 5.69 Å². The fraction of sp³-hybridized carbons (Fsp3) is 0.467. The monoisotopic (exact) mass is 354 g/mol. The summed E-state index contributed by atoms with van der Waals surface area (Å²) >= 11 is 0. The van der Waals surface area contributed by atoms with Gasteiger partial charge >= 0.3 is 10.2 Å². The molecule has 24 heavy (non-hydrogen) atoms. The molecule has 0 unspecified atom stereocenters. The van der Waals surface area contributed by atoms with Crippen molar-refractivity contribution in [1.29, 1.82) is 0 Å². The van der Waals surface area contributed by atoms with Crippen LogP contribution in [-0.4, -0.2) is 33.3 Å². The molecule has 4 N–H and O–H groups in total. The van der Waals surface area contributed by atoms with Crippen LogP contribution in [-0.2, 0) is 15.0 Å². The van der Waals surface area contributed by atoms with Crippen molar-refractivity contribution in [3.63, 3.8) is 0 Å². The number of nitrogens with zero attached hydrogens (tertiary/aromatic N) is 1. The Morgan fingerprint density at radius 2 is 2.08 bits per heavy atom. The molecule has 132 valence electrons. The molecule has 0 fully saturated rings. The molecule has 9 heteroatoms. The van der Waals surface area contributed by atoms with E-state index in [0.717, 1.165) is 0 Å². The number of ether oxygens (including phenoxy) is 1. The number of anilines is 1. The topological polar surface area (TPSA) is 123 Å². The molecule has 0 spiro atoms. The Kier molecular flexibility index (Phi) is 5.02. The van der Waals surface area contributed by atoms with Crippen LogP contribution in [0.15, 0.2) is 22.6 Å². The van der Waals surface area contributed by atoms with Crippen LogP contribution in [0.3, 0.4) is 0 Å². The first-order valence-electron chi connectivity index (χ1n) is 7.48. The Balaban J connectivity index is 1.99. The Labute approximate surface area is 141 Å². The number of rotatable bonds is 5. The van der Waals surface area contributed by atoms with E-state index in [2.05, 4.69) is 14.4 Å². The van der Waals surface area contributed by atoms with Gasteiger partial charge in [-0.05, 0) is 17.5 Å². The largest absolute Gasteiger partial charge is 0.492 e. The minimum Gasteiger partial charge on any atom is -0.492 e. The summed E-state index contributed by atoms with van der Waals surface area (Å²) in [6.07, 6.45) is 0.183. The fourth-order valence-electron chi connectivity index (χ4n) is 2.04. The molecule has 2 rings (SSSR count). The van der Waals surface area contributed by atoms with Crippen molar-refractivity contribution in [1.82, 2.24) is 5.32 Å². The summed E-state index contributed by atoms with van der Waals surface area (Å²) in [6.45, 7) is 6.82. The minimum absolute atomic E-state index is 0.0110. The molecule has 1 aromatic carbocycles. The molecule has 0 saturated heterocycles. The van der Waals surface area contributed by atoms with E-state index in [1.54, 1.807) is 18.2 Å². The SMILES string of the molecule is CC(C)(C)CNC(=O)CCOc1cccc2c1C(N)=NS(=O)(=O)N2. The van der Waals surface area contributed by atoms with E-state index in [4.69, 9.17) is 10.5 Å². The maximum Gasteiger partial charge on any atom is 0.344 e. The molecule has 1 aliphatic heterocycles. The number of benzene rings is 1. The molecule has 8 nitrogen and oxygen atoms in total. The Morgan fingerprint density at radius 3 is 2.75 bits per heavy atom. The quantitative estimate of drug-likeness (QED) is 0.728. The summed E-state index contributed by atoms with van der Waals surface area (Å²) in [6, 6.07) is 4.85. The maximum atomic E-state index is 11.8. The van der Waals surface area contributed by atoms with Crippen molar-refractivity contribution in [3.05, 3.63) is 23.8 Å². The molecule has 0 atom stereocenters. The lowest BCUT2D eigenvalue weighted by Crippen LogP contribution is -2.33. The maximum absolute atomic E-state index is 11.8. The summed E-state index contributed by atoms with van der Waals surface area (Å²) in [7, 11) is -3.82. The van der Waals surface area contributed by atoms with Gasteiger partial charge < -0.3 is 15.8 Å². The van der Waals surface area contributed by atoms with E-state index in [0.29, 0.717) is 23.5 Å². The first-order valence-corrected chi connectivity index (χ1v) is 8.92. The first kappa shape index (κ1) is 18.1. The van der Waals surface area contributed by atoms with Crippen LogP contribution in [0.2, 0.25) is 0 Å². The number of hydrogen-bond acceptors (Lipinski definition) is 5. The van der Waals surface area contributed by atoms with Crippen molar-refractivity contribution in [3.8, 4) is 5.75 Å². The van der Waals surface area contributed by atoms with Gasteiger partial charge in [0.25, 0.3) is 0 Å². The van der Waals surface area contributed by atoms with Gasteiger partial charge in [-0.2, -0.15) is 8.42 Å². The molecule has 1 heterocycles. The van der Waals surface area contributed by atoms with Crippen molar-refractivity contribution >= 4 is 27.6 Å². The number of hydrogen-bond donors (Lipinski definition) is 3. The molecule has 1 aliphatic rings. The molecule has 0 aliphatic carbocycles. The number of nitrogens with one attached hydrogen (secondary N) is 2. The van der Waals surface area contributed by atoms with Gasteiger partial charge in [0.2, 0.25) is 5.91 Å². The zero-order valence-electron chi connectivity index (χ0n) is 13.9. The van der Waals surface area contributed by atoms with Gasteiger partial charge in [-0.25, -0.2) is 0 Å². The number of carbonyl (C=O) groups excluding carboxylic acids is 1. The highest BCUT2D eigenvalue weighted by atomic mass is 32.2. The number of fused-ring (bicyclic) bond motifs is 1. The van der Waals surface area contributed by atoms with Gasteiger partial charge in [0.05, 0.1) is 24.3 Å². The van der Waals surface area contributed by atoms with Gasteiger partial charge in [-0.1, -0.05) is 26.8 Å². The zero-order chi connectivity index (χ0) is 18.0. The predicted molar refractivity (Wildman–Crippen MR) is 92.3 cm³/mol. The lowest BCUT2D eigenvalue weighted by atomic mass is 9.97. The normalized spacial score (nSPS) is 15.7. The molecule has 0 saturated carbocycles. The standard InChI is InChI=1S/C15H22N4O4S/c1-15(2,3)9-17-12(20)7-8-23-11-6-4-5-10-13(11)14(16)19-24(21,22)18-10/h4-6,18H,7-9H2,1-3H3,(H2,16,19)(H,17,20). The lowest BCUT2D eigenvalue weighted by molar-refractivity contribution is -0.122. The highest BCUT2D eigenvalue weighted by Crippen LogP contribution is 2.30. The summed E-state index contributed by atoms with van der Waals surface area (Å²) in [5.74, 6) is 0.119. The van der Waals surface area contributed by atoms with Crippen molar-refractivity contribution in [2.45, 2.75) is 27.2 Å². The van der Waals surface area contributed by atoms with Crippen LogP contribution >= 0.6 is 0 Å². The van der Waals surface area contributed by atoms with Crippen molar-refractivity contribution < 1.29 is 17.9 Å². The second-order valence-corrected chi connectivity index (χ2v) is 8.01. The predicted octanol–water partition coefficient (Wildman–Crippen LogP) is 0.993. The molecule has 1 amide bonds. The van der Waals surface area contributed by atoms with Crippen molar-refractivity contribution in [2.24, 2.45) is 15.5 Å². The number of amidine groups is 1. The van der Waals surface area contributed by atoms with Crippen LogP contribution in [0.25, 0.3) is 0 Å². The molecule has 0 bridgehead atoms. The van der Waals surface area contributed by atoms with Gasteiger partial charge in [-0.3, -0.25) is 9.52 Å². The molecular formula is C15H22N4O4S. The van der Waals surface area contributed by atoms with Crippen LogP contribution in [0, 0.1) is 5.41 Å². The van der Waals surface area contributed by atoms with Crippen LogP contribution in [0.1, 0.15) is 32.8 Å². The number of carbonyl (C=O) groups is 1. The molecule has 0 aromatic heterocycles. The van der Waals surface area contributed by atoms with E-state index in [-0.39, 0.29) is 30.2 Å².